The number of ether oxygens (including phenoxy) is 1. The minimum atomic E-state index is -0.455. The molecular weight excluding hydrogens is 272 g/mol. The van der Waals surface area contributed by atoms with Gasteiger partial charge in [0, 0.05) is 18.1 Å². The number of hydrogen-bond donors (Lipinski definition) is 1. The lowest BCUT2D eigenvalue weighted by Crippen LogP contribution is -2.29. The molecular formula is C13H14N6O2. The number of carbonyl (C=O) groups excluding carboxylic acids is 1. The quantitative estimate of drug-likeness (QED) is 0.838. The van der Waals surface area contributed by atoms with Gasteiger partial charge in [-0.25, -0.2) is 4.79 Å². The third-order valence-corrected chi connectivity index (χ3v) is 3.21. The van der Waals surface area contributed by atoms with Gasteiger partial charge >= 0.3 is 5.97 Å². The Morgan fingerprint density at radius 3 is 3.10 bits per heavy atom. The Hall–Kier alpha value is -2.77. The van der Waals surface area contributed by atoms with E-state index >= 15 is 0 Å². The summed E-state index contributed by atoms with van der Waals surface area (Å²) >= 11 is 0. The fraction of sp³-hybridized carbons (Fsp3) is 0.308. The summed E-state index contributed by atoms with van der Waals surface area (Å²) in [6, 6.07) is 3.23. The van der Waals surface area contributed by atoms with Crippen LogP contribution in [-0.2, 0) is 9.53 Å². The van der Waals surface area contributed by atoms with Gasteiger partial charge in [-0.1, -0.05) is 11.2 Å². The minimum absolute atomic E-state index is 0.303. The molecule has 1 aliphatic heterocycles. The van der Waals surface area contributed by atoms with Gasteiger partial charge in [0.1, 0.15) is 6.04 Å². The third kappa shape index (κ3) is 2.24. The van der Waals surface area contributed by atoms with Crippen LogP contribution in [0.2, 0.25) is 0 Å². The minimum Gasteiger partial charge on any atom is -0.463 e. The molecule has 1 atom stereocenters. The molecule has 1 N–H and O–H groups in total. The molecule has 3 heterocycles. The molecule has 0 fully saturated rings. The summed E-state index contributed by atoms with van der Waals surface area (Å²) in [5.41, 5.74) is 1.96. The molecule has 0 unspecified atom stereocenters. The summed E-state index contributed by atoms with van der Waals surface area (Å²) in [5.74, 6) is 0.0897. The molecule has 8 nitrogen and oxygen atoms in total. The lowest BCUT2D eigenvalue weighted by molar-refractivity contribution is -0.139. The van der Waals surface area contributed by atoms with E-state index in [9.17, 15) is 4.79 Å². The van der Waals surface area contributed by atoms with Crippen LogP contribution in [0.15, 0.2) is 35.8 Å². The normalized spacial score (nSPS) is 17.1. The number of fused-ring (bicyclic) bond motifs is 1. The van der Waals surface area contributed by atoms with Crippen molar-refractivity contribution in [3.63, 3.8) is 0 Å². The first-order valence-corrected chi connectivity index (χ1v) is 6.55. The molecule has 0 spiro atoms. The van der Waals surface area contributed by atoms with Crippen LogP contribution < -0.4 is 5.32 Å². The molecule has 3 rings (SSSR count). The predicted octanol–water partition coefficient (Wildman–Crippen LogP) is 0.920. The van der Waals surface area contributed by atoms with Crippen LogP contribution in [0.4, 0.5) is 5.95 Å². The summed E-state index contributed by atoms with van der Waals surface area (Å²) in [5, 5.41) is 14.5. The monoisotopic (exact) mass is 286 g/mol. The van der Waals surface area contributed by atoms with E-state index in [1.54, 1.807) is 37.0 Å². The van der Waals surface area contributed by atoms with E-state index in [1.807, 2.05) is 6.07 Å². The van der Waals surface area contributed by atoms with E-state index in [1.165, 1.54) is 0 Å². The van der Waals surface area contributed by atoms with Crippen molar-refractivity contribution in [2.24, 2.45) is 0 Å². The van der Waals surface area contributed by atoms with Crippen molar-refractivity contribution in [3.8, 4) is 0 Å². The topological polar surface area (TPSA) is 94.8 Å². The number of anilines is 1. The smallest absolute Gasteiger partial charge is 0.338 e. The third-order valence-electron chi connectivity index (χ3n) is 3.21. The average molecular weight is 286 g/mol. The highest BCUT2D eigenvalue weighted by Crippen LogP contribution is 2.34. The van der Waals surface area contributed by atoms with Crippen molar-refractivity contribution in [2.45, 2.75) is 19.9 Å². The Morgan fingerprint density at radius 1 is 1.52 bits per heavy atom. The second kappa shape index (κ2) is 5.31. The summed E-state index contributed by atoms with van der Waals surface area (Å²) in [4.78, 5) is 16.4. The lowest BCUT2D eigenvalue weighted by atomic mass is 9.97. The zero-order valence-corrected chi connectivity index (χ0v) is 11.6. The first-order valence-electron chi connectivity index (χ1n) is 6.55. The van der Waals surface area contributed by atoms with Crippen molar-refractivity contribution in [1.82, 2.24) is 25.2 Å². The molecule has 1 aliphatic rings. The number of pyridine rings is 1. The number of nitrogens with zero attached hydrogens (tertiary/aromatic N) is 5. The largest absolute Gasteiger partial charge is 0.463 e. The fourth-order valence-corrected chi connectivity index (χ4v) is 2.33. The zero-order valence-electron chi connectivity index (χ0n) is 11.6. The number of aromatic nitrogens is 5. The van der Waals surface area contributed by atoms with E-state index in [2.05, 4.69) is 25.8 Å². The van der Waals surface area contributed by atoms with Gasteiger partial charge in [0.25, 0.3) is 0 Å². The van der Waals surface area contributed by atoms with E-state index in [0.29, 0.717) is 23.8 Å². The van der Waals surface area contributed by atoms with Gasteiger partial charge in [-0.15, -0.1) is 0 Å². The van der Waals surface area contributed by atoms with Crippen LogP contribution in [0.1, 0.15) is 25.5 Å². The second-order valence-electron chi connectivity index (χ2n) is 4.52. The lowest BCUT2D eigenvalue weighted by Gasteiger charge is -2.26. The van der Waals surface area contributed by atoms with Crippen molar-refractivity contribution >= 4 is 11.9 Å². The van der Waals surface area contributed by atoms with Crippen molar-refractivity contribution < 1.29 is 9.53 Å². The highest BCUT2D eigenvalue weighted by molar-refractivity contribution is 5.92. The van der Waals surface area contributed by atoms with Crippen LogP contribution >= 0.6 is 0 Å². The molecule has 0 saturated heterocycles. The molecule has 0 amide bonds. The zero-order chi connectivity index (χ0) is 14.8. The first-order chi connectivity index (χ1) is 10.2. The summed E-state index contributed by atoms with van der Waals surface area (Å²) in [6.07, 6.45) is 3.36. The number of esters is 1. The molecule has 0 saturated carbocycles. The number of allylic oxidation sites excluding steroid dienone is 1. The molecule has 0 aromatic carbocycles. The summed E-state index contributed by atoms with van der Waals surface area (Å²) in [7, 11) is 0. The molecule has 8 heteroatoms. The molecule has 108 valence electrons. The fourth-order valence-electron chi connectivity index (χ4n) is 2.33. The second-order valence-corrected chi connectivity index (χ2v) is 4.52. The van der Waals surface area contributed by atoms with Gasteiger partial charge < -0.3 is 10.1 Å². The molecule has 2 aromatic rings. The van der Waals surface area contributed by atoms with Gasteiger partial charge in [-0.05, 0) is 35.9 Å². The number of carbonyl (C=O) groups is 1. The maximum Gasteiger partial charge on any atom is 0.338 e. The van der Waals surface area contributed by atoms with Gasteiger partial charge in [-0.3, -0.25) is 4.98 Å². The Balaban J connectivity index is 2.13. The van der Waals surface area contributed by atoms with Crippen molar-refractivity contribution in [2.75, 3.05) is 11.9 Å². The molecule has 2 aromatic heterocycles. The number of tetrazole rings is 1. The summed E-state index contributed by atoms with van der Waals surface area (Å²) in [6.45, 7) is 3.87. The van der Waals surface area contributed by atoms with E-state index in [-0.39, 0.29) is 0 Å². The first kappa shape index (κ1) is 13.2. The van der Waals surface area contributed by atoms with E-state index in [4.69, 9.17) is 4.74 Å². The number of rotatable bonds is 3. The van der Waals surface area contributed by atoms with Gasteiger partial charge in [0.2, 0.25) is 5.95 Å². The maximum atomic E-state index is 12.3. The highest BCUT2D eigenvalue weighted by Gasteiger charge is 2.34. The van der Waals surface area contributed by atoms with Gasteiger partial charge in [0.05, 0.1) is 12.2 Å². The molecule has 21 heavy (non-hydrogen) atoms. The Kier molecular flexibility index (Phi) is 3.35. The van der Waals surface area contributed by atoms with Crippen LogP contribution in [-0.4, -0.2) is 37.8 Å². The highest BCUT2D eigenvalue weighted by atomic mass is 16.5. The SMILES string of the molecule is CCOC(=O)C1=C(C)Nc2nnnn2[C@@H]1c1cccnc1. The molecule has 0 bridgehead atoms. The van der Waals surface area contributed by atoms with Crippen LogP contribution in [0.3, 0.4) is 0 Å². The standard InChI is InChI=1S/C13H14N6O2/c1-3-21-12(20)10-8(2)15-13-16-17-18-19(13)11(10)9-5-4-6-14-7-9/h4-7,11H,3H2,1-2H3,(H,15,16,18)/t11-/m1/s1. The predicted molar refractivity (Wildman–Crippen MR) is 73.1 cm³/mol. The summed E-state index contributed by atoms with van der Waals surface area (Å²) < 4.78 is 6.71. The molecule has 0 aliphatic carbocycles. The number of hydrogen-bond acceptors (Lipinski definition) is 7. The Bertz CT molecular complexity index is 694. The Labute approximate surface area is 120 Å². The molecule has 0 radical (unpaired) electrons. The van der Waals surface area contributed by atoms with Crippen molar-refractivity contribution in [1.29, 1.82) is 0 Å². The van der Waals surface area contributed by atoms with E-state index in [0.717, 1.165) is 5.56 Å². The van der Waals surface area contributed by atoms with Gasteiger partial charge in [0.15, 0.2) is 0 Å². The Morgan fingerprint density at radius 2 is 2.38 bits per heavy atom. The van der Waals surface area contributed by atoms with Gasteiger partial charge in [-0.2, -0.15) is 4.68 Å². The average Bonchev–Trinajstić information content (AvgIpc) is 2.94. The van der Waals surface area contributed by atoms with Crippen LogP contribution in [0.5, 0.6) is 0 Å². The number of nitrogens with one attached hydrogen (secondary N) is 1. The maximum absolute atomic E-state index is 12.3. The van der Waals surface area contributed by atoms with Crippen molar-refractivity contribution in [3.05, 3.63) is 41.4 Å². The van der Waals surface area contributed by atoms with Crippen LogP contribution in [0.25, 0.3) is 0 Å². The van der Waals surface area contributed by atoms with E-state index < -0.39 is 12.0 Å². The van der Waals surface area contributed by atoms with Crippen LogP contribution in [0, 0.1) is 0 Å².